The highest BCUT2D eigenvalue weighted by Gasteiger charge is 2.12. The Balaban J connectivity index is 2.16. The predicted molar refractivity (Wildman–Crippen MR) is 76.3 cm³/mol. The lowest BCUT2D eigenvalue weighted by atomic mass is 10.0. The van der Waals surface area contributed by atoms with Crippen molar-refractivity contribution in [3.8, 4) is 0 Å². The SMILES string of the molecule is Cc1cnc(C(N)Cc2ccc(Br)cn2)c(C)c1. The van der Waals surface area contributed by atoms with Gasteiger partial charge in [-0.2, -0.15) is 0 Å². The third kappa shape index (κ3) is 3.15. The highest BCUT2D eigenvalue weighted by Crippen LogP contribution is 2.18. The summed E-state index contributed by atoms with van der Waals surface area (Å²) in [5.74, 6) is 0. The molecule has 0 fully saturated rings. The molecule has 1 unspecified atom stereocenters. The van der Waals surface area contributed by atoms with Gasteiger partial charge in [-0.1, -0.05) is 6.07 Å². The first-order chi connectivity index (χ1) is 8.56. The lowest BCUT2D eigenvalue weighted by Crippen LogP contribution is -2.17. The van der Waals surface area contributed by atoms with Crippen LogP contribution in [-0.4, -0.2) is 9.97 Å². The van der Waals surface area contributed by atoms with Crippen molar-refractivity contribution in [2.45, 2.75) is 26.3 Å². The lowest BCUT2D eigenvalue weighted by Gasteiger charge is -2.13. The van der Waals surface area contributed by atoms with Crippen LogP contribution in [0.15, 0.2) is 35.1 Å². The molecule has 1 atom stereocenters. The smallest absolute Gasteiger partial charge is 0.0604 e. The zero-order valence-electron chi connectivity index (χ0n) is 10.5. The molecule has 94 valence electrons. The van der Waals surface area contributed by atoms with Crippen LogP contribution in [0.3, 0.4) is 0 Å². The number of halogens is 1. The van der Waals surface area contributed by atoms with Crippen molar-refractivity contribution in [1.29, 1.82) is 0 Å². The summed E-state index contributed by atoms with van der Waals surface area (Å²) in [6.07, 6.45) is 4.35. The van der Waals surface area contributed by atoms with E-state index in [4.69, 9.17) is 5.73 Å². The molecular formula is C14H16BrN3. The molecule has 18 heavy (non-hydrogen) atoms. The summed E-state index contributed by atoms with van der Waals surface area (Å²) in [6.45, 7) is 4.08. The van der Waals surface area contributed by atoms with Crippen molar-refractivity contribution >= 4 is 15.9 Å². The number of pyridine rings is 2. The minimum Gasteiger partial charge on any atom is -0.322 e. The number of hydrogen-bond donors (Lipinski definition) is 1. The van der Waals surface area contributed by atoms with E-state index in [1.807, 2.05) is 32.2 Å². The number of nitrogens with two attached hydrogens (primary N) is 1. The first-order valence-corrected chi connectivity index (χ1v) is 6.64. The van der Waals surface area contributed by atoms with Gasteiger partial charge in [0, 0.05) is 29.0 Å². The molecule has 2 aromatic heterocycles. The Morgan fingerprint density at radius 3 is 2.61 bits per heavy atom. The maximum absolute atomic E-state index is 6.20. The highest BCUT2D eigenvalue weighted by molar-refractivity contribution is 9.10. The Labute approximate surface area is 116 Å². The van der Waals surface area contributed by atoms with Gasteiger partial charge in [-0.3, -0.25) is 9.97 Å². The third-order valence-electron chi connectivity index (χ3n) is 2.82. The monoisotopic (exact) mass is 305 g/mol. The molecule has 0 bridgehead atoms. The van der Waals surface area contributed by atoms with E-state index in [0.717, 1.165) is 27.0 Å². The molecule has 0 aromatic carbocycles. The van der Waals surface area contributed by atoms with Crippen LogP contribution in [-0.2, 0) is 6.42 Å². The van der Waals surface area contributed by atoms with Crippen molar-refractivity contribution in [3.05, 3.63) is 57.6 Å². The largest absolute Gasteiger partial charge is 0.322 e. The second-order valence-electron chi connectivity index (χ2n) is 4.49. The van der Waals surface area contributed by atoms with E-state index in [1.165, 1.54) is 0 Å². The maximum atomic E-state index is 6.20. The van der Waals surface area contributed by atoms with Crippen molar-refractivity contribution in [2.75, 3.05) is 0 Å². The molecule has 2 N–H and O–H groups in total. The van der Waals surface area contributed by atoms with Crippen molar-refractivity contribution < 1.29 is 0 Å². The van der Waals surface area contributed by atoms with Crippen molar-refractivity contribution in [3.63, 3.8) is 0 Å². The van der Waals surface area contributed by atoms with Gasteiger partial charge < -0.3 is 5.73 Å². The summed E-state index contributed by atoms with van der Waals surface area (Å²) in [5, 5.41) is 0. The van der Waals surface area contributed by atoms with Gasteiger partial charge >= 0.3 is 0 Å². The summed E-state index contributed by atoms with van der Waals surface area (Å²) in [5.41, 5.74) is 10.4. The van der Waals surface area contributed by atoms with Crippen LogP contribution in [0.5, 0.6) is 0 Å². The fourth-order valence-corrected chi connectivity index (χ4v) is 2.20. The molecule has 2 rings (SSSR count). The summed E-state index contributed by atoms with van der Waals surface area (Å²) in [4.78, 5) is 8.77. The van der Waals surface area contributed by atoms with Gasteiger partial charge in [0.2, 0.25) is 0 Å². The van der Waals surface area contributed by atoms with Crippen LogP contribution < -0.4 is 5.73 Å². The molecule has 2 heterocycles. The van der Waals surface area contributed by atoms with Crippen molar-refractivity contribution in [2.24, 2.45) is 5.73 Å². The van der Waals surface area contributed by atoms with Crippen LogP contribution in [0.4, 0.5) is 0 Å². The van der Waals surface area contributed by atoms with Gasteiger partial charge in [-0.25, -0.2) is 0 Å². The van der Waals surface area contributed by atoms with E-state index in [-0.39, 0.29) is 6.04 Å². The van der Waals surface area contributed by atoms with Crippen molar-refractivity contribution in [1.82, 2.24) is 9.97 Å². The molecule has 0 saturated heterocycles. The Morgan fingerprint density at radius 1 is 1.22 bits per heavy atom. The first-order valence-electron chi connectivity index (χ1n) is 5.85. The van der Waals surface area contributed by atoms with Crippen LogP contribution in [0, 0.1) is 13.8 Å². The molecule has 0 radical (unpaired) electrons. The Morgan fingerprint density at radius 2 is 2.00 bits per heavy atom. The lowest BCUT2D eigenvalue weighted by molar-refractivity contribution is 0.677. The van der Waals surface area contributed by atoms with Gasteiger partial charge in [0.15, 0.2) is 0 Å². The summed E-state index contributed by atoms with van der Waals surface area (Å²) >= 11 is 3.37. The molecule has 4 heteroatoms. The van der Waals surface area contributed by atoms with Gasteiger partial charge in [0.1, 0.15) is 0 Å². The average Bonchev–Trinajstić information content (AvgIpc) is 2.32. The van der Waals surface area contributed by atoms with E-state index in [1.54, 1.807) is 6.20 Å². The molecule has 0 saturated carbocycles. The minimum absolute atomic E-state index is 0.112. The minimum atomic E-state index is -0.112. The fraction of sp³-hybridized carbons (Fsp3) is 0.286. The van der Waals surface area contributed by atoms with Crippen LogP contribution in [0.2, 0.25) is 0 Å². The van der Waals surface area contributed by atoms with E-state index in [0.29, 0.717) is 6.42 Å². The molecule has 0 aliphatic rings. The van der Waals surface area contributed by atoms with Crippen LogP contribution >= 0.6 is 15.9 Å². The van der Waals surface area contributed by atoms with E-state index in [2.05, 4.69) is 32.0 Å². The second-order valence-corrected chi connectivity index (χ2v) is 5.41. The van der Waals surface area contributed by atoms with Gasteiger partial charge in [-0.15, -0.1) is 0 Å². The van der Waals surface area contributed by atoms with Gasteiger partial charge in [0.05, 0.1) is 11.7 Å². The molecule has 2 aromatic rings. The zero-order chi connectivity index (χ0) is 13.1. The van der Waals surface area contributed by atoms with E-state index < -0.39 is 0 Å². The first kappa shape index (κ1) is 13.2. The van der Waals surface area contributed by atoms with E-state index >= 15 is 0 Å². The molecule has 0 aliphatic heterocycles. The van der Waals surface area contributed by atoms with Gasteiger partial charge in [-0.05, 0) is 53.0 Å². The van der Waals surface area contributed by atoms with Gasteiger partial charge in [0.25, 0.3) is 0 Å². The molecule has 0 aliphatic carbocycles. The number of rotatable bonds is 3. The quantitative estimate of drug-likeness (QED) is 0.948. The second kappa shape index (κ2) is 5.59. The number of aryl methyl sites for hydroxylation is 2. The fourth-order valence-electron chi connectivity index (χ4n) is 1.96. The predicted octanol–water partition coefficient (Wildman–Crippen LogP) is 3.10. The normalized spacial score (nSPS) is 12.4. The number of nitrogens with zero attached hydrogens (tertiary/aromatic N) is 2. The maximum Gasteiger partial charge on any atom is 0.0604 e. The number of aromatic nitrogens is 2. The molecular weight excluding hydrogens is 290 g/mol. The highest BCUT2D eigenvalue weighted by atomic mass is 79.9. The summed E-state index contributed by atoms with van der Waals surface area (Å²) in [7, 11) is 0. The van der Waals surface area contributed by atoms with E-state index in [9.17, 15) is 0 Å². The molecule has 3 nitrogen and oxygen atoms in total. The molecule has 0 amide bonds. The molecule has 0 spiro atoms. The standard InChI is InChI=1S/C14H16BrN3/c1-9-5-10(2)14(18-7-9)13(16)6-12-4-3-11(15)8-17-12/h3-5,7-8,13H,6,16H2,1-2H3. The Bertz CT molecular complexity index is 537. The third-order valence-corrected chi connectivity index (χ3v) is 3.29. The average molecular weight is 306 g/mol. The summed E-state index contributed by atoms with van der Waals surface area (Å²) in [6, 6.07) is 5.95. The van der Waals surface area contributed by atoms with Crippen LogP contribution in [0.25, 0.3) is 0 Å². The van der Waals surface area contributed by atoms with Crippen LogP contribution in [0.1, 0.15) is 28.6 Å². The Hall–Kier alpha value is -1.26. The summed E-state index contributed by atoms with van der Waals surface area (Å²) < 4.78 is 0.976. The number of hydrogen-bond acceptors (Lipinski definition) is 3. The zero-order valence-corrected chi connectivity index (χ0v) is 12.1. The Kier molecular flexibility index (Phi) is 4.09. The topological polar surface area (TPSA) is 51.8 Å².